The van der Waals surface area contributed by atoms with Crippen LogP contribution in [0.1, 0.15) is 29.2 Å². The number of carbonyl (C=O) groups excluding carboxylic acids is 2. The molecule has 10 nitrogen and oxygen atoms in total. The van der Waals surface area contributed by atoms with Gasteiger partial charge in [-0.3, -0.25) is 14.6 Å². The minimum absolute atomic E-state index is 0.00519. The average Bonchev–Trinajstić information content (AvgIpc) is 2.82. The SMILES string of the molecule is Cc1cc(I)cc(C)c1C[C@H](N=C(N)N)C(=O)N[C@H](C)C(=O)NCC(CN=C(N)N)Cc1ccccc1. The summed E-state index contributed by atoms with van der Waals surface area (Å²) in [5.74, 6) is -0.996. The quantitative estimate of drug-likeness (QED) is 0.116. The summed E-state index contributed by atoms with van der Waals surface area (Å²) in [6, 6.07) is 12.3. The van der Waals surface area contributed by atoms with E-state index in [-0.39, 0.29) is 23.7 Å². The fraction of sp³-hybridized carbons (Fsp3) is 0.385. The molecule has 2 rings (SSSR count). The molecular weight excluding hydrogens is 583 g/mol. The van der Waals surface area contributed by atoms with Gasteiger partial charge in [0.2, 0.25) is 11.8 Å². The summed E-state index contributed by atoms with van der Waals surface area (Å²) in [4.78, 5) is 34.2. The van der Waals surface area contributed by atoms with Crippen LogP contribution in [0.3, 0.4) is 0 Å². The molecule has 0 heterocycles. The van der Waals surface area contributed by atoms with E-state index in [9.17, 15) is 9.59 Å². The molecule has 0 bridgehead atoms. The lowest BCUT2D eigenvalue weighted by Crippen LogP contribution is -2.49. The number of halogens is 1. The third-order valence-corrected chi connectivity index (χ3v) is 6.50. The van der Waals surface area contributed by atoms with E-state index in [0.717, 1.165) is 25.8 Å². The van der Waals surface area contributed by atoms with Gasteiger partial charge >= 0.3 is 0 Å². The van der Waals surface area contributed by atoms with Crippen molar-refractivity contribution in [3.05, 3.63) is 68.3 Å². The molecule has 0 aliphatic heterocycles. The molecule has 0 saturated heterocycles. The zero-order valence-electron chi connectivity index (χ0n) is 21.5. The van der Waals surface area contributed by atoms with Crippen LogP contribution in [0, 0.1) is 23.3 Å². The van der Waals surface area contributed by atoms with Crippen LogP contribution in [0.4, 0.5) is 0 Å². The molecule has 200 valence electrons. The largest absolute Gasteiger partial charge is 0.370 e. The smallest absolute Gasteiger partial charge is 0.245 e. The number of hydrogen-bond acceptors (Lipinski definition) is 4. The van der Waals surface area contributed by atoms with Crippen molar-refractivity contribution >= 4 is 46.3 Å². The molecule has 0 radical (unpaired) electrons. The zero-order valence-corrected chi connectivity index (χ0v) is 23.7. The fourth-order valence-corrected chi connectivity index (χ4v) is 4.92. The van der Waals surface area contributed by atoms with E-state index < -0.39 is 18.0 Å². The van der Waals surface area contributed by atoms with Crippen LogP contribution in [0.15, 0.2) is 52.4 Å². The molecule has 2 amide bonds. The number of benzene rings is 2. The normalized spacial score (nSPS) is 13.1. The highest BCUT2D eigenvalue weighted by atomic mass is 127. The predicted molar refractivity (Wildman–Crippen MR) is 157 cm³/mol. The minimum Gasteiger partial charge on any atom is -0.370 e. The molecule has 0 fully saturated rings. The van der Waals surface area contributed by atoms with Gasteiger partial charge in [-0.05, 0) is 90.1 Å². The lowest BCUT2D eigenvalue weighted by atomic mass is 9.96. The molecular formula is C26H37IN8O2. The van der Waals surface area contributed by atoms with E-state index in [1.54, 1.807) is 6.92 Å². The molecule has 0 aliphatic carbocycles. The molecule has 2 aromatic carbocycles. The first-order valence-corrected chi connectivity index (χ1v) is 13.1. The second-order valence-electron chi connectivity index (χ2n) is 9.09. The fourth-order valence-electron chi connectivity index (χ4n) is 3.99. The van der Waals surface area contributed by atoms with Crippen molar-refractivity contribution < 1.29 is 9.59 Å². The Balaban J connectivity index is 2.05. The second-order valence-corrected chi connectivity index (χ2v) is 10.3. The first kappa shape index (κ1) is 29.9. The summed E-state index contributed by atoms with van der Waals surface area (Å²) in [5, 5.41) is 5.64. The van der Waals surface area contributed by atoms with Crippen LogP contribution in [-0.4, -0.2) is 48.9 Å². The van der Waals surface area contributed by atoms with E-state index in [0.29, 0.717) is 25.9 Å². The highest BCUT2D eigenvalue weighted by molar-refractivity contribution is 14.1. The van der Waals surface area contributed by atoms with E-state index >= 15 is 0 Å². The lowest BCUT2D eigenvalue weighted by molar-refractivity contribution is -0.129. The Morgan fingerprint density at radius 3 is 2.14 bits per heavy atom. The summed E-state index contributed by atoms with van der Waals surface area (Å²) in [7, 11) is 0. The molecule has 2 aromatic rings. The number of rotatable bonds is 12. The van der Waals surface area contributed by atoms with Crippen LogP contribution in [0.5, 0.6) is 0 Å². The van der Waals surface area contributed by atoms with Crippen molar-refractivity contribution in [2.24, 2.45) is 38.8 Å². The number of nitrogens with two attached hydrogens (primary N) is 4. The number of aliphatic imine (C=N–C) groups is 2. The van der Waals surface area contributed by atoms with E-state index in [4.69, 9.17) is 22.9 Å². The maximum absolute atomic E-state index is 13.1. The van der Waals surface area contributed by atoms with Crippen molar-refractivity contribution in [3.63, 3.8) is 0 Å². The first-order chi connectivity index (χ1) is 17.5. The van der Waals surface area contributed by atoms with Gasteiger partial charge < -0.3 is 33.6 Å². The average molecular weight is 621 g/mol. The Morgan fingerprint density at radius 1 is 0.946 bits per heavy atom. The summed E-state index contributed by atoms with van der Waals surface area (Å²) >= 11 is 2.25. The number of aryl methyl sites for hydroxylation is 2. The topological polar surface area (TPSA) is 187 Å². The van der Waals surface area contributed by atoms with E-state index in [1.165, 1.54) is 0 Å². The van der Waals surface area contributed by atoms with Crippen molar-refractivity contribution in [2.45, 2.75) is 45.7 Å². The zero-order chi connectivity index (χ0) is 27.5. The minimum atomic E-state index is -0.870. The summed E-state index contributed by atoms with van der Waals surface area (Å²) in [6.07, 6.45) is 0.990. The predicted octanol–water partition coefficient (Wildman–Crippen LogP) is 0.846. The van der Waals surface area contributed by atoms with E-state index in [2.05, 4.69) is 43.2 Å². The first-order valence-electron chi connectivity index (χ1n) is 12.0. The molecule has 1 unspecified atom stereocenters. The summed E-state index contributed by atoms with van der Waals surface area (Å²) < 4.78 is 1.11. The van der Waals surface area contributed by atoms with Gasteiger partial charge in [-0.1, -0.05) is 30.3 Å². The number of nitrogens with one attached hydrogen (secondary N) is 2. The number of carbonyl (C=O) groups is 2. The van der Waals surface area contributed by atoms with Gasteiger partial charge in [-0.25, -0.2) is 4.99 Å². The molecule has 3 atom stereocenters. The maximum atomic E-state index is 13.1. The van der Waals surface area contributed by atoms with Crippen molar-refractivity contribution in [2.75, 3.05) is 13.1 Å². The van der Waals surface area contributed by atoms with Gasteiger partial charge in [-0.15, -0.1) is 0 Å². The van der Waals surface area contributed by atoms with Gasteiger partial charge in [0.1, 0.15) is 12.1 Å². The van der Waals surface area contributed by atoms with Crippen LogP contribution in [0.2, 0.25) is 0 Å². The van der Waals surface area contributed by atoms with Crippen LogP contribution in [-0.2, 0) is 22.4 Å². The van der Waals surface area contributed by atoms with Crippen LogP contribution in [0.25, 0.3) is 0 Å². The summed E-state index contributed by atoms with van der Waals surface area (Å²) in [5.41, 5.74) is 26.4. The number of nitrogens with zero attached hydrogens (tertiary/aromatic N) is 2. The Morgan fingerprint density at radius 2 is 1.57 bits per heavy atom. The van der Waals surface area contributed by atoms with Crippen LogP contribution >= 0.6 is 22.6 Å². The van der Waals surface area contributed by atoms with Gasteiger partial charge in [0, 0.05) is 23.1 Å². The Labute approximate surface area is 231 Å². The maximum Gasteiger partial charge on any atom is 0.245 e. The third-order valence-electron chi connectivity index (χ3n) is 5.88. The Kier molecular flexibility index (Phi) is 11.6. The number of hydrogen-bond donors (Lipinski definition) is 6. The van der Waals surface area contributed by atoms with Gasteiger partial charge in [-0.2, -0.15) is 0 Å². The van der Waals surface area contributed by atoms with Crippen LogP contribution < -0.4 is 33.6 Å². The lowest BCUT2D eigenvalue weighted by Gasteiger charge is -2.21. The van der Waals surface area contributed by atoms with Gasteiger partial charge in [0.15, 0.2) is 11.9 Å². The Bertz CT molecular complexity index is 1110. The van der Waals surface area contributed by atoms with E-state index in [1.807, 2.05) is 56.3 Å². The van der Waals surface area contributed by atoms with Crippen molar-refractivity contribution in [1.29, 1.82) is 0 Å². The molecule has 0 saturated carbocycles. The standard InChI is InChI=1S/C26H37IN8O2/c1-15-9-20(27)10-16(2)21(15)12-22(35-26(30)31)24(37)34-17(3)23(36)32-13-19(14-33-25(28)29)11-18-7-5-4-6-8-18/h4-10,17,19,22H,11-14H2,1-3H3,(H,32,36)(H,34,37)(H4,28,29,33)(H4,30,31,35)/t17-,19?,22+/m1/s1. The highest BCUT2D eigenvalue weighted by Crippen LogP contribution is 2.20. The molecule has 37 heavy (non-hydrogen) atoms. The van der Waals surface area contributed by atoms with Crippen molar-refractivity contribution in [3.8, 4) is 0 Å². The number of guanidine groups is 2. The molecule has 0 aliphatic rings. The molecule has 10 N–H and O–H groups in total. The summed E-state index contributed by atoms with van der Waals surface area (Å²) in [6.45, 7) is 6.28. The molecule has 0 spiro atoms. The van der Waals surface area contributed by atoms with Gasteiger partial charge in [0.05, 0.1) is 0 Å². The van der Waals surface area contributed by atoms with Crippen molar-refractivity contribution in [1.82, 2.24) is 10.6 Å². The second kappa shape index (κ2) is 14.4. The monoisotopic (exact) mass is 620 g/mol. The number of amides is 2. The molecule has 0 aromatic heterocycles. The third kappa shape index (κ3) is 10.3. The highest BCUT2D eigenvalue weighted by Gasteiger charge is 2.25. The Hall–Kier alpha value is -3.35. The van der Waals surface area contributed by atoms with Gasteiger partial charge in [0.25, 0.3) is 0 Å². The molecule has 11 heteroatoms.